The summed E-state index contributed by atoms with van der Waals surface area (Å²) in [5.74, 6) is -0.595. The fourth-order valence-electron chi connectivity index (χ4n) is 10.7. The molecule has 0 unspecified atom stereocenters. The predicted octanol–water partition coefficient (Wildman–Crippen LogP) is 19.0. The Kier molecular flexibility index (Phi) is 8.14. The average Bonchev–Trinajstić information content (AvgIpc) is 4.21. The Balaban J connectivity index is 0.868. The van der Waals surface area contributed by atoms with E-state index in [9.17, 15) is 0 Å². The zero-order valence-corrected chi connectivity index (χ0v) is 38.0. The molecule has 0 aliphatic carbocycles. The van der Waals surface area contributed by atoms with Gasteiger partial charge in [-0.05, 0) is 134 Å². The van der Waals surface area contributed by atoms with Crippen LogP contribution in [0.1, 0.15) is 11.1 Å². The minimum atomic E-state index is -0.299. The van der Waals surface area contributed by atoms with Crippen molar-refractivity contribution in [3.8, 4) is 0 Å². The Labute approximate surface area is 401 Å². The van der Waals surface area contributed by atoms with Crippen LogP contribution in [0.15, 0.2) is 204 Å². The van der Waals surface area contributed by atoms with Crippen LogP contribution < -0.4 is 9.80 Å². The molecule has 0 atom stereocenters. The highest BCUT2D eigenvalue weighted by atomic mass is 19.1. The lowest BCUT2D eigenvalue weighted by molar-refractivity contribution is 0.618. The van der Waals surface area contributed by atoms with Gasteiger partial charge in [-0.3, -0.25) is 0 Å². The Hall–Kier alpha value is -9.34. The minimum absolute atomic E-state index is 0.297. The standard InChI is InChI=1S/C62H36F2N2O5/c1-33-11-13-35(27-48(33)63)65(37-15-19-43-41-7-3-5-9-50(41)67-55(43)29-37)39-17-21-45-57(31-39)69-52-25-26-53-60(59(45)52)47-23-24-54-61(62(47)71-53)46-22-18-40(32-58(46)70-54)66(36-14-12-34(2)49(64)28-36)38-16-20-44-42-8-4-6-10-51(42)68-56(44)30-38/h3-32H,1-2H3. The third kappa shape index (κ3) is 5.86. The molecule has 10 aromatic carbocycles. The Morgan fingerprint density at radius 2 is 0.620 bits per heavy atom. The molecule has 338 valence electrons. The zero-order valence-electron chi connectivity index (χ0n) is 38.0. The van der Waals surface area contributed by atoms with Crippen LogP contribution in [0.3, 0.4) is 0 Å². The second kappa shape index (κ2) is 14.6. The molecule has 71 heavy (non-hydrogen) atoms. The van der Waals surface area contributed by atoms with E-state index in [0.29, 0.717) is 56.0 Å². The van der Waals surface area contributed by atoms with Crippen LogP contribution in [0.2, 0.25) is 0 Å². The van der Waals surface area contributed by atoms with E-state index < -0.39 is 0 Å². The smallest absolute Gasteiger partial charge is 0.147 e. The molecule has 5 heterocycles. The molecular weight excluding hydrogens is 891 g/mol. The minimum Gasteiger partial charge on any atom is -0.456 e. The maximum Gasteiger partial charge on any atom is 0.147 e. The normalized spacial score (nSPS) is 12.2. The maximum absolute atomic E-state index is 15.3. The summed E-state index contributed by atoms with van der Waals surface area (Å²) in [5, 5.41) is 9.49. The average molecular weight is 927 g/mol. The van der Waals surface area contributed by atoms with Gasteiger partial charge in [0.15, 0.2) is 0 Å². The number of furan rings is 5. The van der Waals surface area contributed by atoms with Gasteiger partial charge >= 0.3 is 0 Å². The van der Waals surface area contributed by atoms with E-state index in [1.54, 1.807) is 38.1 Å². The molecule has 0 fully saturated rings. The number of anilines is 6. The van der Waals surface area contributed by atoms with Gasteiger partial charge in [-0.25, -0.2) is 8.78 Å². The number of hydrogen-bond acceptors (Lipinski definition) is 7. The first-order chi connectivity index (χ1) is 34.8. The number of nitrogens with zero attached hydrogens (tertiary/aromatic N) is 2. The molecule has 0 aliphatic rings. The number of hydrogen-bond donors (Lipinski definition) is 0. The predicted molar refractivity (Wildman–Crippen MR) is 282 cm³/mol. The van der Waals surface area contributed by atoms with E-state index in [-0.39, 0.29) is 11.6 Å². The first-order valence-corrected chi connectivity index (χ1v) is 23.4. The molecule has 0 saturated heterocycles. The van der Waals surface area contributed by atoms with Gasteiger partial charge in [0.25, 0.3) is 0 Å². The van der Waals surface area contributed by atoms with Gasteiger partial charge in [0.1, 0.15) is 67.5 Å². The fraction of sp³-hybridized carbons (Fsp3) is 0.0323. The van der Waals surface area contributed by atoms with Crippen molar-refractivity contribution in [2.75, 3.05) is 9.80 Å². The monoisotopic (exact) mass is 926 g/mol. The summed E-state index contributed by atoms with van der Waals surface area (Å²) in [7, 11) is 0. The first kappa shape index (κ1) is 39.6. The van der Waals surface area contributed by atoms with Gasteiger partial charge < -0.3 is 31.9 Å². The zero-order chi connectivity index (χ0) is 47.2. The van der Waals surface area contributed by atoms with Crippen molar-refractivity contribution in [2.45, 2.75) is 13.8 Å². The van der Waals surface area contributed by atoms with Gasteiger partial charge in [0.2, 0.25) is 0 Å². The molecule has 0 radical (unpaired) electrons. The van der Waals surface area contributed by atoms with Crippen LogP contribution in [0.5, 0.6) is 0 Å². The van der Waals surface area contributed by atoms with Crippen LogP contribution in [0, 0.1) is 25.5 Å². The number of halogens is 2. The van der Waals surface area contributed by atoms with Gasteiger partial charge in [-0.1, -0.05) is 48.5 Å². The Morgan fingerprint density at radius 1 is 0.282 bits per heavy atom. The lowest BCUT2D eigenvalue weighted by atomic mass is 10.0. The number of aryl methyl sites for hydroxylation is 2. The summed E-state index contributed by atoms with van der Waals surface area (Å²) in [6, 6.07) is 58.8. The summed E-state index contributed by atoms with van der Waals surface area (Å²) in [6.45, 7) is 3.52. The molecule has 0 N–H and O–H groups in total. The summed E-state index contributed by atoms with van der Waals surface area (Å²) in [5.41, 5.74) is 12.8. The van der Waals surface area contributed by atoms with E-state index >= 15 is 8.78 Å². The number of fused-ring (bicyclic) bond motifs is 17. The van der Waals surface area contributed by atoms with Crippen molar-refractivity contribution in [1.82, 2.24) is 0 Å². The van der Waals surface area contributed by atoms with E-state index in [2.05, 4.69) is 30.3 Å². The van der Waals surface area contributed by atoms with E-state index in [1.807, 2.05) is 137 Å². The number of para-hydroxylation sites is 2. The summed E-state index contributed by atoms with van der Waals surface area (Å²) in [6.07, 6.45) is 0. The first-order valence-electron chi connectivity index (χ1n) is 23.4. The summed E-state index contributed by atoms with van der Waals surface area (Å²) >= 11 is 0. The molecule has 7 nitrogen and oxygen atoms in total. The van der Waals surface area contributed by atoms with E-state index in [4.69, 9.17) is 22.1 Å². The second-order valence-electron chi connectivity index (χ2n) is 18.4. The number of rotatable bonds is 6. The van der Waals surface area contributed by atoms with Gasteiger partial charge in [-0.15, -0.1) is 0 Å². The third-order valence-corrected chi connectivity index (χ3v) is 14.2. The fourth-order valence-corrected chi connectivity index (χ4v) is 10.7. The third-order valence-electron chi connectivity index (χ3n) is 14.2. The molecular formula is C62H36F2N2O5. The molecule has 0 aliphatic heterocycles. The lowest BCUT2D eigenvalue weighted by Gasteiger charge is -2.25. The van der Waals surface area contributed by atoms with Crippen molar-refractivity contribution in [1.29, 1.82) is 0 Å². The van der Waals surface area contributed by atoms with E-state index in [1.165, 1.54) is 0 Å². The van der Waals surface area contributed by atoms with Crippen LogP contribution >= 0.6 is 0 Å². The quantitative estimate of drug-likeness (QED) is 0.164. The Bertz CT molecular complexity index is 4740. The van der Waals surface area contributed by atoms with Gasteiger partial charge in [0.05, 0.1) is 5.39 Å². The topological polar surface area (TPSA) is 72.2 Å². The largest absolute Gasteiger partial charge is 0.456 e. The molecule has 5 aromatic heterocycles. The molecule has 15 rings (SSSR count). The van der Waals surface area contributed by atoms with Crippen molar-refractivity contribution in [2.24, 2.45) is 0 Å². The SMILES string of the molecule is Cc1ccc(N(c2ccc3c(c2)oc2ccccc23)c2ccc3c(c2)oc2ccc4c(oc5ccc6oc7cc(N(c8ccc(C)c(F)c8)c8ccc9c(c8)oc8ccccc89)ccc7c6c54)c23)cc1F. The lowest BCUT2D eigenvalue weighted by Crippen LogP contribution is -2.10. The second-order valence-corrected chi connectivity index (χ2v) is 18.4. The van der Waals surface area contributed by atoms with Crippen LogP contribution in [0.25, 0.3) is 110 Å². The Morgan fingerprint density at radius 3 is 1.13 bits per heavy atom. The molecule has 0 saturated carbocycles. The summed E-state index contributed by atoms with van der Waals surface area (Å²) in [4.78, 5) is 4.04. The van der Waals surface area contributed by atoms with Crippen molar-refractivity contribution >= 4 is 144 Å². The highest BCUT2D eigenvalue weighted by molar-refractivity contribution is 6.30. The van der Waals surface area contributed by atoms with Crippen molar-refractivity contribution < 1.29 is 30.9 Å². The maximum atomic E-state index is 15.3. The number of benzene rings is 10. The van der Waals surface area contributed by atoms with Gasteiger partial charge in [0, 0.05) is 107 Å². The molecule has 15 aromatic rings. The summed E-state index contributed by atoms with van der Waals surface area (Å²) < 4.78 is 63.4. The molecule has 9 heteroatoms. The molecule has 0 amide bonds. The van der Waals surface area contributed by atoms with Crippen LogP contribution in [0.4, 0.5) is 42.9 Å². The van der Waals surface area contributed by atoms with Crippen molar-refractivity contribution in [3.05, 3.63) is 205 Å². The highest BCUT2D eigenvalue weighted by Crippen LogP contribution is 2.48. The van der Waals surface area contributed by atoms with Crippen molar-refractivity contribution in [3.63, 3.8) is 0 Å². The van der Waals surface area contributed by atoms with Gasteiger partial charge in [-0.2, -0.15) is 0 Å². The molecule has 0 spiro atoms. The molecule has 0 bridgehead atoms. The van der Waals surface area contributed by atoms with Crippen LogP contribution in [-0.2, 0) is 0 Å². The van der Waals surface area contributed by atoms with E-state index in [0.717, 1.165) is 98.9 Å². The highest BCUT2D eigenvalue weighted by Gasteiger charge is 2.24. The van der Waals surface area contributed by atoms with Crippen LogP contribution in [-0.4, -0.2) is 0 Å².